The Kier molecular flexibility index (Phi) is 4.08. The molecule has 0 unspecified atom stereocenters. The zero-order valence-electron chi connectivity index (χ0n) is 13.5. The summed E-state index contributed by atoms with van der Waals surface area (Å²) < 4.78 is 15.3. The lowest BCUT2D eigenvalue weighted by atomic mass is 10.00. The number of aliphatic hydroxyl groups excluding tert-OH is 1. The van der Waals surface area contributed by atoms with E-state index < -0.39 is 6.10 Å². The van der Waals surface area contributed by atoms with Crippen LogP contribution in [0, 0.1) is 5.82 Å². The molecule has 124 valence electrons. The molecule has 0 radical (unpaired) electrons. The molecule has 4 rings (SSSR count). The molecule has 0 spiro atoms. The predicted molar refractivity (Wildman–Crippen MR) is 93.3 cm³/mol. The van der Waals surface area contributed by atoms with E-state index in [0.29, 0.717) is 13.1 Å². The van der Waals surface area contributed by atoms with Crippen molar-refractivity contribution in [1.82, 2.24) is 9.47 Å². The number of aliphatic hydroxyl groups is 1. The van der Waals surface area contributed by atoms with Gasteiger partial charge in [0.05, 0.1) is 6.10 Å². The first-order valence-electron chi connectivity index (χ1n) is 8.40. The Morgan fingerprint density at radius 3 is 2.75 bits per heavy atom. The molecular formula is C20H21FN2O. The molecule has 2 heterocycles. The van der Waals surface area contributed by atoms with Gasteiger partial charge in [-0.15, -0.1) is 0 Å². The summed E-state index contributed by atoms with van der Waals surface area (Å²) in [6.07, 6.45) is 2.50. The summed E-state index contributed by atoms with van der Waals surface area (Å²) in [5, 5.41) is 11.4. The first-order valence-corrected chi connectivity index (χ1v) is 8.40. The standard InChI is InChI=1S/C20H21FN2O/c21-18-5-6-20-16(11-18)8-10-23(20)14-19(24)13-22-9-7-15-3-1-2-4-17(15)12-22/h1-6,8,10-11,19,24H,7,9,12-14H2/t19-/m1/s1. The summed E-state index contributed by atoms with van der Waals surface area (Å²) in [6, 6.07) is 15.2. The average Bonchev–Trinajstić information content (AvgIpc) is 2.96. The highest BCUT2D eigenvalue weighted by Crippen LogP contribution is 2.20. The van der Waals surface area contributed by atoms with Crippen molar-refractivity contribution in [2.45, 2.75) is 25.6 Å². The van der Waals surface area contributed by atoms with Gasteiger partial charge < -0.3 is 9.67 Å². The summed E-state index contributed by atoms with van der Waals surface area (Å²) in [4.78, 5) is 2.30. The van der Waals surface area contributed by atoms with E-state index >= 15 is 0 Å². The van der Waals surface area contributed by atoms with E-state index in [1.807, 2.05) is 16.8 Å². The smallest absolute Gasteiger partial charge is 0.123 e. The molecule has 1 atom stereocenters. The van der Waals surface area contributed by atoms with E-state index in [0.717, 1.165) is 30.4 Å². The molecule has 1 aliphatic heterocycles. The van der Waals surface area contributed by atoms with Gasteiger partial charge in [-0.05, 0) is 41.8 Å². The lowest BCUT2D eigenvalue weighted by Gasteiger charge is -2.30. The van der Waals surface area contributed by atoms with Crippen LogP contribution in [0.4, 0.5) is 4.39 Å². The number of aromatic nitrogens is 1. The van der Waals surface area contributed by atoms with E-state index in [-0.39, 0.29) is 5.82 Å². The van der Waals surface area contributed by atoms with Gasteiger partial charge in [-0.3, -0.25) is 4.90 Å². The van der Waals surface area contributed by atoms with E-state index in [2.05, 4.69) is 29.2 Å². The topological polar surface area (TPSA) is 28.4 Å². The maximum Gasteiger partial charge on any atom is 0.123 e. The molecule has 24 heavy (non-hydrogen) atoms. The molecule has 2 aromatic carbocycles. The van der Waals surface area contributed by atoms with Crippen molar-refractivity contribution in [2.75, 3.05) is 13.1 Å². The Hall–Kier alpha value is -2.17. The minimum Gasteiger partial charge on any atom is -0.390 e. The highest BCUT2D eigenvalue weighted by Gasteiger charge is 2.18. The van der Waals surface area contributed by atoms with Gasteiger partial charge in [-0.25, -0.2) is 4.39 Å². The van der Waals surface area contributed by atoms with Crippen LogP contribution in [0.25, 0.3) is 10.9 Å². The number of hydrogen-bond donors (Lipinski definition) is 1. The van der Waals surface area contributed by atoms with Gasteiger partial charge in [0.1, 0.15) is 5.82 Å². The maximum atomic E-state index is 13.3. The monoisotopic (exact) mass is 324 g/mol. The van der Waals surface area contributed by atoms with Crippen LogP contribution in [0.5, 0.6) is 0 Å². The number of β-amino-alcohol motifs (C(OH)–C–C–N with tert-alkyl or cyclic N) is 1. The third-order valence-electron chi connectivity index (χ3n) is 4.82. The molecule has 0 aliphatic carbocycles. The molecule has 3 nitrogen and oxygen atoms in total. The average molecular weight is 324 g/mol. The largest absolute Gasteiger partial charge is 0.390 e. The van der Waals surface area contributed by atoms with Crippen LogP contribution in [-0.4, -0.2) is 33.8 Å². The van der Waals surface area contributed by atoms with Crippen molar-refractivity contribution >= 4 is 10.9 Å². The summed E-state index contributed by atoms with van der Waals surface area (Å²) in [5.41, 5.74) is 3.74. The lowest BCUT2D eigenvalue weighted by Crippen LogP contribution is -2.38. The second-order valence-electron chi connectivity index (χ2n) is 6.58. The molecule has 1 aromatic heterocycles. The Bertz CT molecular complexity index is 858. The number of fused-ring (bicyclic) bond motifs is 2. The number of benzene rings is 2. The van der Waals surface area contributed by atoms with E-state index in [4.69, 9.17) is 0 Å². The van der Waals surface area contributed by atoms with Crippen molar-refractivity contribution in [3.8, 4) is 0 Å². The Balaban J connectivity index is 1.42. The molecule has 3 aromatic rings. The van der Waals surface area contributed by atoms with Crippen molar-refractivity contribution in [3.63, 3.8) is 0 Å². The minimum atomic E-state index is -0.448. The van der Waals surface area contributed by atoms with Crippen LogP contribution < -0.4 is 0 Å². The van der Waals surface area contributed by atoms with Gasteiger partial charge in [-0.1, -0.05) is 24.3 Å². The molecular weight excluding hydrogens is 303 g/mol. The predicted octanol–water partition coefficient (Wildman–Crippen LogP) is 3.20. The maximum absolute atomic E-state index is 13.3. The molecule has 1 aliphatic rings. The summed E-state index contributed by atoms with van der Waals surface area (Å²) >= 11 is 0. The quantitative estimate of drug-likeness (QED) is 0.798. The SMILES string of the molecule is O[C@H](CN1CCc2ccccc2C1)Cn1ccc2cc(F)ccc21. The second kappa shape index (κ2) is 6.38. The van der Waals surface area contributed by atoms with Crippen LogP contribution in [0.2, 0.25) is 0 Å². The van der Waals surface area contributed by atoms with Gasteiger partial charge in [0.25, 0.3) is 0 Å². The zero-order valence-corrected chi connectivity index (χ0v) is 13.5. The van der Waals surface area contributed by atoms with Crippen molar-refractivity contribution in [3.05, 3.63) is 71.7 Å². The fourth-order valence-corrected chi connectivity index (χ4v) is 3.62. The third kappa shape index (κ3) is 3.07. The number of hydrogen-bond acceptors (Lipinski definition) is 2. The first kappa shape index (κ1) is 15.4. The van der Waals surface area contributed by atoms with Crippen molar-refractivity contribution < 1.29 is 9.50 Å². The van der Waals surface area contributed by atoms with E-state index in [9.17, 15) is 9.50 Å². The summed E-state index contributed by atoms with van der Waals surface area (Å²) in [7, 11) is 0. The zero-order chi connectivity index (χ0) is 16.5. The third-order valence-corrected chi connectivity index (χ3v) is 4.82. The highest BCUT2D eigenvalue weighted by molar-refractivity contribution is 5.80. The molecule has 0 saturated heterocycles. The Morgan fingerprint density at radius 2 is 1.88 bits per heavy atom. The van der Waals surface area contributed by atoms with E-state index in [1.165, 1.54) is 23.3 Å². The highest BCUT2D eigenvalue weighted by atomic mass is 19.1. The van der Waals surface area contributed by atoms with Crippen LogP contribution in [0.15, 0.2) is 54.7 Å². The first-order chi connectivity index (χ1) is 11.7. The summed E-state index contributed by atoms with van der Waals surface area (Å²) in [6.45, 7) is 3.04. The van der Waals surface area contributed by atoms with Gasteiger partial charge in [0.2, 0.25) is 0 Å². The van der Waals surface area contributed by atoms with Crippen LogP contribution >= 0.6 is 0 Å². The number of nitrogens with zero attached hydrogens (tertiary/aromatic N) is 2. The molecule has 0 fully saturated rings. The molecule has 0 saturated carbocycles. The van der Waals surface area contributed by atoms with Gasteiger partial charge >= 0.3 is 0 Å². The molecule has 4 heteroatoms. The lowest BCUT2D eigenvalue weighted by molar-refractivity contribution is 0.0928. The molecule has 1 N–H and O–H groups in total. The van der Waals surface area contributed by atoms with Crippen LogP contribution in [0.1, 0.15) is 11.1 Å². The van der Waals surface area contributed by atoms with Crippen LogP contribution in [0.3, 0.4) is 0 Å². The Morgan fingerprint density at radius 1 is 1.04 bits per heavy atom. The second-order valence-corrected chi connectivity index (χ2v) is 6.58. The van der Waals surface area contributed by atoms with Crippen molar-refractivity contribution in [2.24, 2.45) is 0 Å². The fourth-order valence-electron chi connectivity index (χ4n) is 3.62. The van der Waals surface area contributed by atoms with Crippen LogP contribution in [-0.2, 0) is 19.5 Å². The fraction of sp³-hybridized carbons (Fsp3) is 0.300. The normalized spacial score (nSPS) is 16.2. The van der Waals surface area contributed by atoms with Gasteiger partial charge in [-0.2, -0.15) is 0 Å². The molecule has 0 amide bonds. The van der Waals surface area contributed by atoms with Crippen molar-refractivity contribution in [1.29, 1.82) is 0 Å². The number of rotatable bonds is 4. The Labute approximate surface area is 140 Å². The summed E-state index contributed by atoms with van der Waals surface area (Å²) in [5.74, 6) is -0.229. The molecule has 0 bridgehead atoms. The number of halogens is 1. The van der Waals surface area contributed by atoms with Gasteiger partial charge in [0.15, 0.2) is 0 Å². The van der Waals surface area contributed by atoms with E-state index in [1.54, 1.807) is 6.07 Å². The minimum absolute atomic E-state index is 0.229. The van der Waals surface area contributed by atoms with Gasteiger partial charge in [0, 0.05) is 43.3 Å².